The summed E-state index contributed by atoms with van der Waals surface area (Å²) in [5.74, 6) is 1.54. The monoisotopic (exact) mass is 261 g/mol. The molecule has 0 spiro atoms. The Labute approximate surface area is 111 Å². The first kappa shape index (κ1) is 13.4. The second-order valence-corrected chi connectivity index (χ2v) is 4.22. The summed E-state index contributed by atoms with van der Waals surface area (Å²) in [4.78, 5) is 0. The van der Waals surface area contributed by atoms with Gasteiger partial charge in [0.05, 0.1) is 12.7 Å². The molecule has 2 rings (SSSR count). The molecule has 100 valence electrons. The zero-order chi connectivity index (χ0) is 13.8. The Bertz CT molecular complexity index is 553. The Morgan fingerprint density at radius 2 is 1.68 bits per heavy atom. The van der Waals surface area contributed by atoms with Crippen LogP contribution in [0.25, 0.3) is 0 Å². The molecule has 4 heteroatoms. The molecule has 0 aromatic heterocycles. The van der Waals surface area contributed by atoms with Gasteiger partial charge in [-0.3, -0.25) is 0 Å². The standard InChI is InChI=1S/C15H16FNO2/c1-10(17)15-13(18-2)4-3-5-14(15)19-12-8-6-11(16)7-9-12/h3-10H,17H2,1-2H3/t10-/m1/s1. The van der Waals surface area contributed by atoms with Crippen LogP contribution >= 0.6 is 0 Å². The number of ether oxygens (including phenoxy) is 2. The molecular weight excluding hydrogens is 245 g/mol. The molecule has 2 N–H and O–H groups in total. The maximum absolute atomic E-state index is 12.9. The first-order chi connectivity index (χ1) is 9.11. The third kappa shape index (κ3) is 3.03. The van der Waals surface area contributed by atoms with Gasteiger partial charge in [-0.05, 0) is 43.3 Å². The minimum atomic E-state index is -0.301. The van der Waals surface area contributed by atoms with Gasteiger partial charge in [-0.15, -0.1) is 0 Å². The molecule has 2 aromatic rings. The molecule has 1 atom stereocenters. The molecule has 0 aliphatic carbocycles. The summed E-state index contributed by atoms with van der Waals surface area (Å²) >= 11 is 0. The molecule has 0 radical (unpaired) electrons. The molecule has 0 heterocycles. The maximum atomic E-state index is 12.9. The predicted octanol–water partition coefficient (Wildman–Crippen LogP) is 3.65. The van der Waals surface area contributed by atoms with Gasteiger partial charge in [0.1, 0.15) is 23.1 Å². The second kappa shape index (κ2) is 5.71. The molecule has 2 aromatic carbocycles. The largest absolute Gasteiger partial charge is 0.496 e. The Morgan fingerprint density at radius 3 is 2.26 bits per heavy atom. The van der Waals surface area contributed by atoms with Gasteiger partial charge in [-0.1, -0.05) is 6.07 Å². The van der Waals surface area contributed by atoms with Gasteiger partial charge in [0.25, 0.3) is 0 Å². The van der Waals surface area contributed by atoms with E-state index in [0.29, 0.717) is 17.2 Å². The lowest BCUT2D eigenvalue weighted by molar-refractivity contribution is 0.397. The summed E-state index contributed by atoms with van der Waals surface area (Å²) in [6, 6.07) is 11.1. The van der Waals surface area contributed by atoms with E-state index in [1.54, 1.807) is 19.2 Å². The lowest BCUT2D eigenvalue weighted by Crippen LogP contribution is -2.08. The van der Waals surface area contributed by atoms with Crippen LogP contribution in [0.2, 0.25) is 0 Å². The smallest absolute Gasteiger partial charge is 0.135 e. The minimum absolute atomic E-state index is 0.230. The fraction of sp³-hybridized carbons (Fsp3) is 0.200. The van der Waals surface area contributed by atoms with Crippen LogP contribution < -0.4 is 15.2 Å². The zero-order valence-corrected chi connectivity index (χ0v) is 10.9. The van der Waals surface area contributed by atoms with Gasteiger partial charge in [0.2, 0.25) is 0 Å². The summed E-state index contributed by atoms with van der Waals surface area (Å²) in [5, 5.41) is 0. The molecular formula is C15H16FNO2. The van der Waals surface area contributed by atoms with Crippen molar-refractivity contribution in [2.75, 3.05) is 7.11 Å². The average Bonchev–Trinajstić information content (AvgIpc) is 2.40. The third-order valence-electron chi connectivity index (χ3n) is 2.74. The second-order valence-electron chi connectivity index (χ2n) is 4.22. The fourth-order valence-corrected chi connectivity index (χ4v) is 1.87. The van der Waals surface area contributed by atoms with E-state index in [1.165, 1.54) is 12.1 Å². The van der Waals surface area contributed by atoms with Crippen LogP contribution in [0.5, 0.6) is 17.2 Å². The Balaban J connectivity index is 2.36. The van der Waals surface area contributed by atoms with Crippen molar-refractivity contribution >= 4 is 0 Å². The number of methoxy groups -OCH3 is 1. The van der Waals surface area contributed by atoms with E-state index in [2.05, 4.69) is 0 Å². The van der Waals surface area contributed by atoms with Crippen molar-refractivity contribution in [3.05, 3.63) is 53.8 Å². The van der Waals surface area contributed by atoms with E-state index >= 15 is 0 Å². The third-order valence-corrected chi connectivity index (χ3v) is 2.74. The van der Waals surface area contributed by atoms with E-state index in [1.807, 2.05) is 25.1 Å². The van der Waals surface area contributed by atoms with Gasteiger partial charge in [0, 0.05) is 6.04 Å². The first-order valence-corrected chi connectivity index (χ1v) is 5.97. The first-order valence-electron chi connectivity index (χ1n) is 5.97. The lowest BCUT2D eigenvalue weighted by Gasteiger charge is -2.17. The Morgan fingerprint density at radius 1 is 1.05 bits per heavy atom. The van der Waals surface area contributed by atoms with Crippen molar-refractivity contribution in [1.82, 2.24) is 0 Å². The topological polar surface area (TPSA) is 44.5 Å². The van der Waals surface area contributed by atoms with Crippen molar-refractivity contribution in [2.45, 2.75) is 13.0 Å². The quantitative estimate of drug-likeness (QED) is 0.913. The molecule has 0 amide bonds. The molecule has 0 aliphatic rings. The number of hydrogen-bond donors (Lipinski definition) is 1. The number of benzene rings is 2. The van der Waals surface area contributed by atoms with Crippen LogP contribution in [0.4, 0.5) is 4.39 Å². The minimum Gasteiger partial charge on any atom is -0.496 e. The number of nitrogens with two attached hydrogens (primary N) is 1. The van der Waals surface area contributed by atoms with Gasteiger partial charge < -0.3 is 15.2 Å². The average molecular weight is 261 g/mol. The molecule has 0 unspecified atom stereocenters. The normalized spacial score (nSPS) is 12.0. The maximum Gasteiger partial charge on any atom is 0.135 e. The van der Waals surface area contributed by atoms with Crippen LogP contribution in [-0.2, 0) is 0 Å². The highest BCUT2D eigenvalue weighted by molar-refractivity contribution is 5.48. The SMILES string of the molecule is COc1cccc(Oc2ccc(F)cc2)c1[C@@H](C)N. The van der Waals surface area contributed by atoms with Crippen molar-refractivity contribution in [1.29, 1.82) is 0 Å². The van der Waals surface area contributed by atoms with E-state index in [-0.39, 0.29) is 11.9 Å². The van der Waals surface area contributed by atoms with E-state index in [9.17, 15) is 4.39 Å². The van der Waals surface area contributed by atoms with E-state index in [4.69, 9.17) is 15.2 Å². The van der Waals surface area contributed by atoms with Crippen LogP contribution in [0, 0.1) is 5.82 Å². The highest BCUT2D eigenvalue weighted by Crippen LogP contribution is 2.35. The van der Waals surface area contributed by atoms with Crippen molar-refractivity contribution < 1.29 is 13.9 Å². The summed E-state index contributed by atoms with van der Waals surface area (Å²) < 4.78 is 23.9. The summed E-state index contributed by atoms with van der Waals surface area (Å²) in [5.41, 5.74) is 6.74. The van der Waals surface area contributed by atoms with Crippen molar-refractivity contribution in [2.24, 2.45) is 5.73 Å². The molecule has 19 heavy (non-hydrogen) atoms. The lowest BCUT2D eigenvalue weighted by atomic mass is 10.1. The molecule has 0 aliphatic heterocycles. The highest BCUT2D eigenvalue weighted by atomic mass is 19.1. The summed E-state index contributed by atoms with van der Waals surface area (Å²) in [7, 11) is 1.59. The fourth-order valence-electron chi connectivity index (χ4n) is 1.87. The van der Waals surface area contributed by atoms with E-state index < -0.39 is 0 Å². The summed E-state index contributed by atoms with van der Waals surface area (Å²) in [6.07, 6.45) is 0. The number of halogens is 1. The number of hydrogen-bond acceptors (Lipinski definition) is 3. The highest BCUT2D eigenvalue weighted by Gasteiger charge is 2.14. The van der Waals surface area contributed by atoms with Gasteiger partial charge in [-0.2, -0.15) is 0 Å². The van der Waals surface area contributed by atoms with E-state index in [0.717, 1.165) is 5.56 Å². The van der Waals surface area contributed by atoms with Crippen LogP contribution in [0.3, 0.4) is 0 Å². The molecule has 0 saturated heterocycles. The summed E-state index contributed by atoms with van der Waals surface area (Å²) in [6.45, 7) is 1.86. The van der Waals surface area contributed by atoms with Crippen molar-refractivity contribution in [3.8, 4) is 17.2 Å². The molecule has 0 saturated carbocycles. The van der Waals surface area contributed by atoms with Crippen LogP contribution in [0.15, 0.2) is 42.5 Å². The Kier molecular flexibility index (Phi) is 4.02. The van der Waals surface area contributed by atoms with Crippen LogP contribution in [-0.4, -0.2) is 7.11 Å². The zero-order valence-electron chi connectivity index (χ0n) is 10.9. The molecule has 0 fully saturated rings. The number of rotatable bonds is 4. The van der Waals surface area contributed by atoms with Gasteiger partial charge in [0.15, 0.2) is 0 Å². The predicted molar refractivity (Wildman–Crippen MR) is 72.1 cm³/mol. The van der Waals surface area contributed by atoms with Gasteiger partial charge >= 0.3 is 0 Å². The molecule has 0 bridgehead atoms. The van der Waals surface area contributed by atoms with Crippen LogP contribution in [0.1, 0.15) is 18.5 Å². The van der Waals surface area contributed by atoms with Crippen molar-refractivity contribution in [3.63, 3.8) is 0 Å². The Hall–Kier alpha value is -2.07. The van der Waals surface area contributed by atoms with Gasteiger partial charge in [-0.25, -0.2) is 4.39 Å². The molecule has 3 nitrogen and oxygen atoms in total.